The van der Waals surface area contributed by atoms with Crippen LogP contribution in [-0.2, 0) is 17.5 Å². The summed E-state index contributed by atoms with van der Waals surface area (Å²) in [6.45, 7) is 3.14. The van der Waals surface area contributed by atoms with Crippen LogP contribution in [0.5, 0.6) is 0 Å². The summed E-state index contributed by atoms with van der Waals surface area (Å²) in [5, 5.41) is 9.03. The Labute approximate surface area is 199 Å². The van der Waals surface area contributed by atoms with Crippen LogP contribution in [0.3, 0.4) is 0 Å². The summed E-state index contributed by atoms with van der Waals surface area (Å²) in [6, 6.07) is 2.79. The fourth-order valence-electron chi connectivity index (χ4n) is 4.00. The minimum atomic E-state index is -5.84. The van der Waals surface area contributed by atoms with Gasteiger partial charge in [0, 0.05) is 25.2 Å². The first-order chi connectivity index (χ1) is 16.3. The highest BCUT2D eigenvalue weighted by atomic mass is 19.4. The number of carbonyl (C=O) groups excluding carboxylic acids is 1. The van der Waals surface area contributed by atoms with Gasteiger partial charge in [-0.25, -0.2) is 9.59 Å². The maximum absolute atomic E-state index is 13.3. The van der Waals surface area contributed by atoms with E-state index in [1.165, 1.54) is 6.07 Å². The van der Waals surface area contributed by atoms with Gasteiger partial charge in [-0.2, -0.15) is 39.5 Å². The van der Waals surface area contributed by atoms with E-state index in [0.29, 0.717) is 11.4 Å². The van der Waals surface area contributed by atoms with Crippen LogP contribution in [0.15, 0.2) is 18.2 Å². The first-order valence-corrected chi connectivity index (χ1v) is 10.6. The number of piperidine rings is 1. The average molecular weight is 538 g/mol. The Hall–Kier alpha value is -2.71. The van der Waals surface area contributed by atoms with E-state index >= 15 is 0 Å². The van der Waals surface area contributed by atoms with Gasteiger partial charge in [-0.3, -0.25) is 4.90 Å². The number of aromatic carboxylic acids is 1. The van der Waals surface area contributed by atoms with E-state index < -0.39 is 53.4 Å². The molecular weight excluding hydrogens is 515 g/mol. The standard InChI is InChI=1S/C21H23F9N2O4/c1-3-32(11-12-4-5-13(15(33)34)14(10-12)19(22,23)24)18(2)6-8-31(9-7-18)17(35)36-16(20(25,26)27)21(28,29)30/h4-5,10,16H,3,6-9,11H2,1-2H3,(H,33,34). The number of rotatable bonds is 6. The van der Waals surface area contributed by atoms with Crippen LogP contribution in [0.1, 0.15) is 48.2 Å². The van der Waals surface area contributed by atoms with E-state index in [1.54, 1.807) is 18.7 Å². The molecular formula is C21H23F9N2O4. The number of nitrogens with zero attached hydrogens (tertiary/aromatic N) is 2. The molecule has 1 aliphatic rings. The van der Waals surface area contributed by atoms with Crippen molar-refractivity contribution in [1.82, 2.24) is 9.80 Å². The quantitative estimate of drug-likeness (QED) is 0.470. The van der Waals surface area contributed by atoms with Crippen molar-refractivity contribution < 1.29 is 58.9 Å². The summed E-state index contributed by atoms with van der Waals surface area (Å²) in [5.74, 6) is -1.74. The second-order valence-electron chi connectivity index (χ2n) is 8.53. The molecule has 0 unspecified atom stereocenters. The smallest absolute Gasteiger partial charge is 0.434 e. The van der Waals surface area contributed by atoms with Crippen molar-refractivity contribution >= 4 is 12.1 Å². The summed E-state index contributed by atoms with van der Waals surface area (Å²) < 4.78 is 120. The Bertz CT molecular complexity index is 938. The van der Waals surface area contributed by atoms with E-state index in [-0.39, 0.29) is 38.0 Å². The number of benzene rings is 1. The molecule has 0 bridgehead atoms. The number of hydrogen-bond donors (Lipinski definition) is 1. The van der Waals surface area contributed by atoms with Gasteiger partial charge in [0.15, 0.2) is 0 Å². The van der Waals surface area contributed by atoms with Gasteiger partial charge in [-0.1, -0.05) is 13.0 Å². The van der Waals surface area contributed by atoms with E-state index in [2.05, 4.69) is 4.74 Å². The van der Waals surface area contributed by atoms with Crippen molar-refractivity contribution in [1.29, 1.82) is 0 Å². The third-order valence-electron chi connectivity index (χ3n) is 6.05. The zero-order valence-corrected chi connectivity index (χ0v) is 19.0. The molecule has 1 saturated heterocycles. The number of halogens is 9. The summed E-state index contributed by atoms with van der Waals surface area (Å²) in [5.41, 5.74) is -2.86. The van der Waals surface area contributed by atoms with Gasteiger partial charge >= 0.3 is 30.6 Å². The number of carbonyl (C=O) groups is 2. The summed E-state index contributed by atoms with van der Waals surface area (Å²) in [7, 11) is 0. The lowest BCUT2D eigenvalue weighted by molar-refractivity contribution is -0.308. The third kappa shape index (κ3) is 6.95. The molecule has 1 amide bonds. The van der Waals surface area contributed by atoms with Gasteiger partial charge in [0.05, 0.1) is 11.1 Å². The maximum Gasteiger partial charge on any atom is 0.434 e. The average Bonchev–Trinajstić information content (AvgIpc) is 2.73. The topological polar surface area (TPSA) is 70.1 Å². The van der Waals surface area contributed by atoms with Crippen LogP contribution in [0.25, 0.3) is 0 Å². The van der Waals surface area contributed by atoms with Gasteiger partial charge in [0.1, 0.15) is 0 Å². The van der Waals surface area contributed by atoms with Gasteiger partial charge < -0.3 is 14.7 Å². The van der Waals surface area contributed by atoms with Crippen LogP contribution >= 0.6 is 0 Å². The van der Waals surface area contributed by atoms with Crippen LogP contribution in [-0.4, -0.2) is 70.6 Å². The molecule has 0 aromatic heterocycles. The van der Waals surface area contributed by atoms with Gasteiger partial charge in [-0.15, -0.1) is 0 Å². The molecule has 1 aromatic rings. The van der Waals surface area contributed by atoms with Crippen LogP contribution in [0, 0.1) is 0 Å². The minimum absolute atomic E-state index is 0.0509. The fraction of sp³-hybridized carbons (Fsp3) is 0.619. The largest absolute Gasteiger partial charge is 0.478 e. The first-order valence-electron chi connectivity index (χ1n) is 10.6. The maximum atomic E-state index is 13.3. The van der Waals surface area contributed by atoms with Crippen LogP contribution in [0.2, 0.25) is 0 Å². The third-order valence-corrected chi connectivity index (χ3v) is 6.05. The van der Waals surface area contributed by atoms with Gasteiger partial charge in [0.2, 0.25) is 0 Å². The fourth-order valence-corrected chi connectivity index (χ4v) is 4.00. The number of carboxylic acid groups (broad SMARTS) is 1. The predicted molar refractivity (Wildman–Crippen MR) is 106 cm³/mol. The molecule has 1 fully saturated rings. The number of ether oxygens (including phenoxy) is 1. The normalized spacial score (nSPS) is 17.0. The van der Waals surface area contributed by atoms with E-state index in [4.69, 9.17) is 5.11 Å². The molecule has 2 rings (SSSR count). The van der Waals surface area contributed by atoms with Crippen molar-refractivity contribution in [3.05, 3.63) is 34.9 Å². The predicted octanol–water partition coefficient (Wildman–Crippen LogP) is 5.71. The number of amides is 1. The van der Waals surface area contributed by atoms with E-state index in [1.807, 2.05) is 0 Å². The lowest BCUT2D eigenvalue weighted by Crippen LogP contribution is -2.55. The van der Waals surface area contributed by atoms with E-state index in [9.17, 15) is 49.1 Å². The molecule has 1 aliphatic heterocycles. The zero-order chi connectivity index (χ0) is 27.7. The monoisotopic (exact) mass is 538 g/mol. The molecule has 1 heterocycles. The molecule has 1 N–H and O–H groups in total. The molecule has 0 spiro atoms. The lowest BCUT2D eigenvalue weighted by atomic mass is 9.87. The van der Waals surface area contributed by atoms with Gasteiger partial charge in [-0.05, 0) is 44.0 Å². The summed E-state index contributed by atoms with van der Waals surface area (Å²) in [4.78, 5) is 25.6. The molecule has 0 radical (unpaired) electrons. The van der Waals surface area contributed by atoms with Crippen molar-refractivity contribution in [2.45, 2.75) is 63.4 Å². The Morgan fingerprint density at radius 1 is 1.06 bits per heavy atom. The Balaban J connectivity index is 2.14. The number of alkyl halides is 9. The first kappa shape index (κ1) is 29.5. The Kier molecular flexibility index (Phi) is 8.48. The van der Waals surface area contributed by atoms with Crippen molar-refractivity contribution in [2.75, 3.05) is 19.6 Å². The summed E-state index contributed by atoms with van der Waals surface area (Å²) >= 11 is 0. The Morgan fingerprint density at radius 3 is 2.00 bits per heavy atom. The molecule has 0 atom stereocenters. The molecule has 15 heteroatoms. The number of carboxylic acids is 1. The molecule has 36 heavy (non-hydrogen) atoms. The van der Waals surface area contributed by atoms with Gasteiger partial charge in [0.25, 0.3) is 6.10 Å². The molecule has 1 aromatic carbocycles. The highest BCUT2D eigenvalue weighted by Crippen LogP contribution is 2.37. The SMILES string of the molecule is CCN(Cc1ccc(C(=O)O)c(C(F)(F)F)c1)C1(C)CCN(C(=O)OC(C(F)(F)F)C(F)(F)F)CC1. The molecule has 6 nitrogen and oxygen atoms in total. The highest BCUT2D eigenvalue weighted by Gasteiger charge is 2.60. The summed E-state index contributed by atoms with van der Waals surface area (Å²) in [6.07, 6.45) is -22.5. The molecule has 0 aliphatic carbocycles. The zero-order valence-electron chi connectivity index (χ0n) is 19.0. The van der Waals surface area contributed by atoms with Crippen molar-refractivity contribution in [3.8, 4) is 0 Å². The van der Waals surface area contributed by atoms with Crippen LogP contribution < -0.4 is 0 Å². The van der Waals surface area contributed by atoms with Crippen LogP contribution in [0.4, 0.5) is 44.3 Å². The van der Waals surface area contributed by atoms with E-state index in [0.717, 1.165) is 12.1 Å². The number of likely N-dealkylation sites (tertiary alicyclic amines) is 1. The molecule has 0 saturated carbocycles. The second-order valence-corrected chi connectivity index (χ2v) is 8.53. The second kappa shape index (κ2) is 10.3. The van der Waals surface area contributed by atoms with Crippen molar-refractivity contribution in [2.24, 2.45) is 0 Å². The van der Waals surface area contributed by atoms with Crippen molar-refractivity contribution in [3.63, 3.8) is 0 Å². The minimum Gasteiger partial charge on any atom is -0.478 e. The molecule has 204 valence electrons. The lowest BCUT2D eigenvalue weighted by Gasteiger charge is -2.46. The highest BCUT2D eigenvalue weighted by molar-refractivity contribution is 5.89. The Morgan fingerprint density at radius 2 is 1.58 bits per heavy atom. The number of hydrogen-bond acceptors (Lipinski definition) is 4.